The normalized spacial score (nSPS) is 17.9. The highest BCUT2D eigenvalue weighted by molar-refractivity contribution is 8.00. The molecule has 0 amide bonds. The highest BCUT2D eigenvalue weighted by Gasteiger charge is 2.30. The van der Waals surface area contributed by atoms with Crippen LogP contribution in [0.2, 0.25) is 0 Å². The van der Waals surface area contributed by atoms with Crippen molar-refractivity contribution >= 4 is 38.6 Å². The molecule has 1 aromatic heterocycles. The number of fused-ring (bicyclic) bond motifs is 2. The second-order valence-electron chi connectivity index (χ2n) is 6.32. The first-order valence-electron chi connectivity index (χ1n) is 8.26. The van der Waals surface area contributed by atoms with Crippen LogP contribution in [0.15, 0.2) is 61.5 Å². The third kappa shape index (κ3) is 2.73. The van der Waals surface area contributed by atoms with E-state index in [1.807, 2.05) is 24.3 Å². The molecule has 1 aliphatic heterocycles. The standard InChI is InChI=1S/C18H18N2O4S2/c1-12-9-10-20(15-5-3-4-6-17(15)25-12)26(22,23)13-7-8-14-16(11-13)24-18(21)19(14)2/h3-8,11-12H,9-10H2,1-2H3. The van der Waals surface area contributed by atoms with Crippen molar-refractivity contribution in [1.29, 1.82) is 0 Å². The van der Waals surface area contributed by atoms with E-state index in [1.165, 1.54) is 21.0 Å². The van der Waals surface area contributed by atoms with Crippen molar-refractivity contribution in [3.05, 3.63) is 53.0 Å². The molecule has 0 bridgehead atoms. The van der Waals surface area contributed by atoms with Gasteiger partial charge in [-0.2, -0.15) is 0 Å². The van der Waals surface area contributed by atoms with E-state index in [4.69, 9.17) is 4.42 Å². The van der Waals surface area contributed by atoms with E-state index in [-0.39, 0.29) is 10.5 Å². The Morgan fingerprint density at radius 3 is 2.77 bits per heavy atom. The number of benzene rings is 2. The van der Waals surface area contributed by atoms with Crippen LogP contribution in [-0.2, 0) is 17.1 Å². The number of rotatable bonds is 2. The van der Waals surface area contributed by atoms with Crippen LogP contribution in [0.25, 0.3) is 11.1 Å². The van der Waals surface area contributed by atoms with Crippen molar-refractivity contribution in [2.75, 3.05) is 10.8 Å². The van der Waals surface area contributed by atoms with Gasteiger partial charge in [-0.05, 0) is 30.7 Å². The molecule has 4 rings (SSSR count). The van der Waals surface area contributed by atoms with Gasteiger partial charge >= 0.3 is 5.76 Å². The summed E-state index contributed by atoms with van der Waals surface area (Å²) in [4.78, 5) is 12.8. The number of aromatic nitrogens is 1. The fourth-order valence-electron chi connectivity index (χ4n) is 3.11. The maximum Gasteiger partial charge on any atom is 0.419 e. The minimum absolute atomic E-state index is 0.119. The minimum Gasteiger partial charge on any atom is -0.408 e. The summed E-state index contributed by atoms with van der Waals surface area (Å²) in [6.07, 6.45) is 0.751. The lowest BCUT2D eigenvalue weighted by atomic mass is 10.3. The van der Waals surface area contributed by atoms with Crippen LogP contribution >= 0.6 is 11.8 Å². The smallest absolute Gasteiger partial charge is 0.408 e. The number of nitrogens with zero attached hydrogens (tertiary/aromatic N) is 2. The van der Waals surface area contributed by atoms with Gasteiger partial charge in [0.05, 0.1) is 16.1 Å². The minimum atomic E-state index is -3.77. The average Bonchev–Trinajstić information content (AvgIpc) is 2.78. The summed E-state index contributed by atoms with van der Waals surface area (Å²) in [6.45, 7) is 2.51. The SMILES string of the molecule is CC1CCN(S(=O)(=O)c2ccc3c(c2)oc(=O)n3C)c2ccccc2S1. The summed E-state index contributed by atoms with van der Waals surface area (Å²) in [5.41, 5.74) is 1.52. The zero-order valence-corrected chi connectivity index (χ0v) is 16.0. The lowest BCUT2D eigenvalue weighted by Crippen LogP contribution is -2.32. The van der Waals surface area contributed by atoms with Crippen LogP contribution in [0, 0.1) is 0 Å². The van der Waals surface area contributed by atoms with E-state index in [0.717, 1.165) is 11.3 Å². The van der Waals surface area contributed by atoms with Gasteiger partial charge in [-0.1, -0.05) is 19.1 Å². The van der Waals surface area contributed by atoms with E-state index < -0.39 is 15.8 Å². The van der Waals surface area contributed by atoms with Gasteiger partial charge in [0, 0.05) is 29.8 Å². The van der Waals surface area contributed by atoms with Gasteiger partial charge in [0.15, 0.2) is 5.58 Å². The molecule has 136 valence electrons. The van der Waals surface area contributed by atoms with Gasteiger partial charge in [0.2, 0.25) is 0 Å². The monoisotopic (exact) mass is 390 g/mol. The highest BCUT2D eigenvalue weighted by Crippen LogP contribution is 2.39. The molecule has 0 N–H and O–H groups in total. The fraction of sp³-hybridized carbons (Fsp3) is 0.278. The predicted octanol–water partition coefficient (Wildman–Crippen LogP) is 3.21. The molecule has 0 radical (unpaired) electrons. The number of anilines is 1. The molecule has 3 aromatic rings. The first kappa shape index (κ1) is 17.2. The Balaban J connectivity index is 1.85. The number of oxazole rings is 1. The topological polar surface area (TPSA) is 72.5 Å². The first-order valence-corrected chi connectivity index (χ1v) is 10.6. The number of sulfonamides is 1. The lowest BCUT2D eigenvalue weighted by molar-refractivity contribution is 0.527. The molecule has 0 fully saturated rings. The highest BCUT2D eigenvalue weighted by atomic mass is 32.2. The summed E-state index contributed by atoms with van der Waals surface area (Å²) in [5.74, 6) is -0.514. The van der Waals surface area contributed by atoms with Gasteiger partial charge in [-0.3, -0.25) is 8.87 Å². The fourth-order valence-corrected chi connectivity index (χ4v) is 5.79. The quantitative estimate of drug-likeness (QED) is 0.672. The molecule has 6 nitrogen and oxygen atoms in total. The molecule has 2 aromatic carbocycles. The van der Waals surface area contributed by atoms with E-state index in [1.54, 1.807) is 24.9 Å². The molecule has 1 unspecified atom stereocenters. The lowest BCUT2D eigenvalue weighted by Gasteiger charge is -2.24. The van der Waals surface area contributed by atoms with Crippen molar-refractivity contribution in [2.45, 2.75) is 28.4 Å². The molecule has 1 aliphatic rings. The maximum atomic E-state index is 13.3. The Morgan fingerprint density at radius 2 is 1.96 bits per heavy atom. The van der Waals surface area contributed by atoms with Crippen molar-refractivity contribution in [3.63, 3.8) is 0 Å². The van der Waals surface area contributed by atoms with Gasteiger partial charge < -0.3 is 4.42 Å². The predicted molar refractivity (Wildman–Crippen MR) is 102 cm³/mol. The number of hydrogen-bond acceptors (Lipinski definition) is 5. The second kappa shape index (κ2) is 6.21. The number of para-hydroxylation sites is 1. The molecule has 26 heavy (non-hydrogen) atoms. The molecular formula is C18H18N2O4S2. The van der Waals surface area contributed by atoms with Crippen LogP contribution in [0.5, 0.6) is 0 Å². The Bertz CT molecular complexity index is 1150. The van der Waals surface area contributed by atoms with Gasteiger partial charge in [0.1, 0.15) is 0 Å². The summed E-state index contributed by atoms with van der Waals surface area (Å²) >= 11 is 1.69. The van der Waals surface area contributed by atoms with Gasteiger partial charge in [0.25, 0.3) is 10.0 Å². The van der Waals surface area contributed by atoms with E-state index in [9.17, 15) is 13.2 Å². The zero-order valence-electron chi connectivity index (χ0n) is 14.4. The second-order valence-corrected chi connectivity index (χ2v) is 9.66. The third-order valence-corrected chi connectivity index (χ3v) is 7.60. The maximum absolute atomic E-state index is 13.3. The molecule has 2 heterocycles. The zero-order chi connectivity index (χ0) is 18.5. The molecule has 8 heteroatoms. The molecular weight excluding hydrogens is 372 g/mol. The Kier molecular flexibility index (Phi) is 4.11. The van der Waals surface area contributed by atoms with Gasteiger partial charge in [-0.25, -0.2) is 13.2 Å². The summed E-state index contributed by atoms with van der Waals surface area (Å²) < 4.78 is 34.6. The number of aryl methyl sites for hydroxylation is 1. The van der Waals surface area contributed by atoms with E-state index in [0.29, 0.717) is 23.0 Å². The number of hydrogen-bond donors (Lipinski definition) is 0. The number of thioether (sulfide) groups is 1. The van der Waals surface area contributed by atoms with E-state index in [2.05, 4.69) is 6.92 Å². The van der Waals surface area contributed by atoms with E-state index >= 15 is 0 Å². The summed E-state index contributed by atoms with van der Waals surface area (Å²) in [6, 6.07) is 12.1. The molecule has 1 atom stereocenters. The van der Waals surface area contributed by atoms with Crippen molar-refractivity contribution in [1.82, 2.24) is 4.57 Å². The van der Waals surface area contributed by atoms with Crippen LogP contribution in [0.3, 0.4) is 0 Å². The van der Waals surface area contributed by atoms with Crippen LogP contribution < -0.4 is 10.1 Å². The Morgan fingerprint density at radius 1 is 1.19 bits per heavy atom. The molecule has 0 saturated carbocycles. The summed E-state index contributed by atoms with van der Waals surface area (Å²) in [7, 11) is -2.18. The van der Waals surface area contributed by atoms with Crippen LogP contribution in [0.1, 0.15) is 13.3 Å². The van der Waals surface area contributed by atoms with Crippen molar-refractivity contribution < 1.29 is 12.8 Å². The summed E-state index contributed by atoms with van der Waals surface area (Å²) in [5, 5.41) is 0.325. The van der Waals surface area contributed by atoms with Crippen molar-refractivity contribution in [3.8, 4) is 0 Å². The average molecular weight is 390 g/mol. The molecule has 0 aliphatic carbocycles. The van der Waals surface area contributed by atoms with Crippen LogP contribution in [0.4, 0.5) is 5.69 Å². The van der Waals surface area contributed by atoms with Gasteiger partial charge in [-0.15, -0.1) is 11.8 Å². The molecule has 0 spiro atoms. The third-order valence-electron chi connectivity index (χ3n) is 4.55. The van der Waals surface area contributed by atoms with Crippen molar-refractivity contribution in [2.24, 2.45) is 7.05 Å². The largest absolute Gasteiger partial charge is 0.419 e. The molecule has 0 saturated heterocycles. The Hall–Kier alpha value is -2.19. The first-order chi connectivity index (χ1) is 12.4. The van der Waals surface area contributed by atoms with Crippen LogP contribution in [-0.4, -0.2) is 24.8 Å². The Labute approximate surface area is 155 Å².